The fraction of sp³-hybridized carbons (Fsp3) is 0.333. The number of hydrogen-bond acceptors (Lipinski definition) is 1. The lowest BCUT2D eigenvalue weighted by Crippen LogP contribution is -2.16. The molecule has 100 valence electrons. The molecular weight excluding hydrogens is 232 g/mol. The number of aliphatic hydroxyl groups is 1. The van der Waals surface area contributed by atoms with Gasteiger partial charge < -0.3 is 5.11 Å². The molecule has 2 aromatic carbocycles. The van der Waals surface area contributed by atoms with Gasteiger partial charge in [0.2, 0.25) is 0 Å². The van der Waals surface area contributed by atoms with E-state index in [1.54, 1.807) is 0 Å². The molecule has 0 aliphatic heterocycles. The third kappa shape index (κ3) is 3.05. The van der Waals surface area contributed by atoms with E-state index in [4.69, 9.17) is 0 Å². The van der Waals surface area contributed by atoms with Crippen LogP contribution in [0, 0.1) is 6.92 Å². The first kappa shape index (κ1) is 13.8. The molecule has 0 amide bonds. The highest BCUT2D eigenvalue weighted by Gasteiger charge is 2.22. The molecule has 2 aromatic rings. The van der Waals surface area contributed by atoms with Gasteiger partial charge in [0.1, 0.15) is 6.10 Å². The number of hydrogen-bond donors (Lipinski definition) is 1. The molecule has 0 spiro atoms. The lowest BCUT2D eigenvalue weighted by molar-refractivity contribution is 0.217. The highest BCUT2D eigenvalue weighted by atomic mass is 16.3. The third-order valence-electron chi connectivity index (χ3n) is 3.46. The van der Waals surface area contributed by atoms with Crippen LogP contribution in [-0.2, 0) is 5.41 Å². The van der Waals surface area contributed by atoms with E-state index in [2.05, 4.69) is 33.8 Å². The van der Waals surface area contributed by atoms with Crippen LogP contribution in [0.5, 0.6) is 0 Å². The zero-order valence-corrected chi connectivity index (χ0v) is 12.1. The number of rotatable bonds is 2. The molecule has 1 N–H and O–H groups in total. The molecule has 19 heavy (non-hydrogen) atoms. The second kappa shape index (κ2) is 5.18. The molecule has 1 atom stereocenters. The highest BCUT2D eigenvalue weighted by molar-refractivity contribution is 5.39. The van der Waals surface area contributed by atoms with E-state index < -0.39 is 6.10 Å². The van der Waals surface area contributed by atoms with Crippen molar-refractivity contribution >= 4 is 0 Å². The first-order valence-electron chi connectivity index (χ1n) is 6.73. The summed E-state index contributed by atoms with van der Waals surface area (Å²) in [5.41, 5.74) is 4.38. The van der Waals surface area contributed by atoms with Crippen molar-refractivity contribution in [1.29, 1.82) is 0 Å². The summed E-state index contributed by atoms with van der Waals surface area (Å²) < 4.78 is 0. The van der Waals surface area contributed by atoms with Crippen LogP contribution in [0.2, 0.25) is 0 Å². The molecule has 0 bridgehead atoms. The quantitative estimate of drug-likeness (QED) is 0.843. The van der Waals surface area contributed by atoms with E-state index in [0.717, 1.165) is 11.1 Å². The number of aryl methyl sites for hydroxylation is 1. The molecule has 0 saturated carbocycles. The van der Waals surface area contributed by atoms with Crippen LogP contribution in [0.3, 0.4) is 0 Å². The lowest BCUT2D eigenvalue weighted by atomic mass is 9.81. The molecular formula is C18H22O. The van der Waals surface area contributed by atoms with Gasteiger partial charge in [-0.25, -0.2) is 0 Å². The minimum absolute atomic E-state index is 0.0300. The van der Waals surface area contributed by atoms with Crippen LogP contribution in [0.1, 0.15) is 49.1 Å². The average molecular weight is 254 g/mol. The zero-order chi connectivity index (χ0) is 14.0. The second-order valence-electron chi connectivity index (χ2n) is 6.15. The SMILES string of the molecule is Cc1ccc(C(O)c2ccccc2C(C)(C)C)cc1. The van der Waals surface area contributed by atoms with Gasteiger partial charge in [0.15, 0.2) is 0 Å². The van der Waals surface area contributed by atoms with Gasteiger partial charge in [-0.3, -0.25) is 0 Å². The summed E-state index contributed by atoms with van der Waals surface area (Å²) in [4.78, 5) is 0. The summed E-state index contributed by atoms with van der Waals surface area (Å²) in [6, 6.07) is 16.2. The predicted molar refractivity (Wildman–Crippen MR) is 80.4 cm³/mol. The summed E-state index contributed by atoms with van der Waals surface area (Å²) in [5, 5.41) is 10.6. The highest BCUT2D eigenvalue weighted by Crippen LogP contribution is 2.32. The van der Waals surface area contributed by atoms with E-state index in [1.807, 2.05) is 42.5 Å². The van der Waals surface area contributed by atoms with Crippen molar-refractivity contribution in [3.8, 4) is 0 Å². The average Bonchev–Trinajstić information content (AvgIpc) is 2.38. The second-order valence-corrected chi connectivity index (χ2v) is 6.15. The van der Waals surface area contributed by atoms with Crippen LogP contribution >= 0.6 is 0 Å². The van der Waals surface area contributed by atoms with E-state index in [1.165, 1.54) is 11.1 Å². The van der Waals surface area contributed by atoms with Gasteiger partial charge in [0.25, 0.3) is 0 Å². The molecule has 1 heteroatoms. The molecule has 0 radical (unpaired) electrons. The predicted octanol–water partition coefficient (Wildman–Crippen LogP) is 4.37. The molecule has 0 saturated heterocycles. The van der Waals surface area contributed by atoms with Gasteiger partial charge in [0, 0.05) is 0 Å². The van der Waals surface area contributed by atoms with Crippen LogP contribution in [0.15, 0.2) is 48.5 Å². The van der Waals surface area contributed by atoms with Crippen molar-refractivity contribution in [3.05, 3.63) is 70.8 Å². The van der Waals surface area contributed by atoms with E-state index in [-0.39, 0.29) is 5.41 Å². The Bertz CT molecular complexity index is 547. The van der Waals surface area contributed by atoms with Crippen molar-refractivity contribution in [2.45, 2.75) is 39.2 Å². The summed E-state index contributed by atoms with van der Waals surface area (Å²) >= 11 is 0. The number of aliphatic hydroxyl groups excluding tert-OH is 1. The van der Waals surface area contributed by atoms with Gasteiger partial charge in [-0.2, -0.15) is 0 Å². The first-order valence-corrected chi connectivity index (χ1v) is 6.73. The Balaban J connectivity index is 2.44. The van der Waals surface area contributed by atoms with Gasteiger partial charge in [-0.15, -0.1) is 0 Å². The summed E-state index contributed by atoms with van der Waals surface area (Å²) in [5.74, 6) is 0. The summed E-state index contributed by atoms with van der Waals surface area (Å²) in [6.07, 6.45) is -0.559. The van der Waals surface area contributed by atoms with Crippen molar-refractivity contribution in [2.24, 2.45) is 0 Å². The van der Waals surface area contributed by atoms with Crippen molar-refractivity contribution in [1.82, 2.24) is 0 Å². The van der Waals surface area contributed by atoms with Crippen LogP contribution < -0.4 is 0 Å². The maximum Gasteiger partial charge on any atom is 0.104 e. The smallest absolute Gasteiger partial charge is 0.104 e. The molecule has 0 heterocycles. The van der Waals surface area contributed by atoms with E-state index in [0.29, 0.717) is 0 Å². The summed E-state index contributed by atoms with van der Waals surface area (Å²) in [6.45, 7) is 8.58. The van der Waals surface area contributed by atoms with Crippen LogP contribution in [0.25, 0.3) is 0 Å². The Morgan fingerprint density at radius 2 is 1.47 bits per heavy atom. The summed E-state index contributed by atoms with van der Waals surface area (Å²) in [7, 11) is 0. The minimum Gasteiger partial charge on any atom is -0.384 e. The van der Waals surface area contributed by atoms with E-state index >= 15 is 0 Å². The maximum atomic E-state index is 10.6. The monoisotopic (exact) mass is 254 g/mol. The maximum absolute atomic E-state index is 10.6. The minimum atomic E-state index is -0.559. The standard InChI is InChI=1S/C18H22O/c1-13-9-11-14(12-10-13)17(19)15-7-5-6-8-16(15)18(2,3)4/h5-12,17,19H,1-4H3. The molecule has 2 rings (SSSR count). The Labute approximate surface area is 115 Å². The first-order chi connectivity index (χ1) is 8.89. The molecule has 0 aliphatic carbocycles. The molecule has 1 unspecified atom stereocenters. The van der Waals surface area contributed by atoms with Gasteiger partial charge >= 0.3 is 0 Å². The van der Waals surface area contributed by atoms with Gasteiger partial charge in [0.05, 0.1) is 0 Å². The fourth-order valence-corrected chi connectivity index (χ4v) is 2.35. The number of benzene rings is 2. The molecule has 0 aliphatic rings. The molecule has 0 aromatic heterocycles. The third-order valence-corrected chi connectivity index (χ3v) is 3.46. The van der Waals surface area contributed by atoms with Crippen molar-refractivity contribution in [3.63, 3.8) is 0 Å². The van der Waals surface area contributed by atoms with Gasteiger partial charge in [-0.05, 0) is 29.0 Å². The van der Waals surface area contributed by atoms with Crippen LogP contribution in [-0.4, -0.2) is 5.11 Å². The largest absolute Gasteiger partial charge is 0.384 e. The Morgan fingerprint density at radius 3 is 2.05 bits per heavy atom. The van der Waals surface area contributed by atoms with Gasteiger partial charge in [-0.1, -0.05) is 74.9 Å². The van der Waals surface area contributed by atoms with E-state index in [9.17, 15) is 5.11 Å². The van der Waals surface area contributed by atoms with Crippen molar-refractivity contribution in [2.75, 3.05) is 0 Å². The zero-order valence-electron chi connectivity index (χ0n) is 12.1. The topological polar surface area (TPSA) is 20.2 Å². The van der Waals surface area contributed by atoms with Crippen molar-refractivity contribution < 1.29 is 5.11 Å². The Morgan fingerprint density at radius 1 is 0.895 bits per heavy atom. The Kier molecular flexibility index (Phi) is 3.77. The molecule has 0 fully saturated rings. The van der Waals surface area contributed by atoms with Crippen LogP contribution in [0.4, 0.5) is 0 Å². The Hall–Kier alpha value is -1.60. The molecule has 1 nitrogen and oxygen atoms in total. The lowest BCUT2D eigenvalue weighted by Gasteiger charge is -2.25. The normalized spacial score (nSPS) is 13.3. The fourth-order valence-electron chi connectivity index (χ4n) is 2.35.